The molecule has 2 heteroatoms. The summed E-state index contributed by atoms with van der Waals surface area (Å²) in [7, 11) is 1.75. The molecular weight excluding hydrogens is 234 g/mol. The van der Waals surface area contributed by atoms with Crippen LogP contribution in [0.5, 0.6) is 0 Å². The molecule has 0 radical (unpaired) electrons. The molecule has 0 aliphatic heterocycles. The van der Waals surface area contributed by atoms with Crippen LogP contribution >= 0.6 is 0 Å². The summed E-state index contributed by atoms with van der Waals surface area (Å²) >= 11 is 0. The summed E-state index contributed by atoms with van der Waals surface area (Å²) in [6, 6.07) is 8.88. The Bertz CT molecular complexity index is 349. The molecule has 0 amide bonds. The lowest BCUT2D eigenvalue weighted by Gasteiger charge is -2.20. The van der Waals surface area contributed by atoms with Crippen LogP contribution in [0.1, 0.15) is 31.4 Å². The van der Waals surface area contributed by atoms with E-state index in [1.807, 2.05) is 0 Å². The van der Waals surface area contributed by atoms with Gasteiger partial charge < -0.3 is 10.1 Å². The largest absolute Gasteiger partial charge is 0.383 e. The number of rotatable bonds is 9. The van der Waals surface area contributed by atoms with Gasteiger partial charge in [0.05, 0.1) is 6.61 Å². The number of aryl methyl sites for hydroxylation is 1. The zero-order valence-corrected chi connectivity index (χ0v) is 12.9. The maximum atomic E-state index is 5.08. The molecule has 1 unspecified atom stereocenters. The minimum absolute atomic E-state index is 0.707. The van der Waals surface area contributed by atoms with E-state index in [1.54, 1.807) is 7.11 Å². The van der Waals surface area contributed by atoms with Crippen LogP contribution < -0.4 is 5.32 Å². The molecular formula is C17H29NO. The summed E-state index contributed by atoms with van der Waals surface area (Å²) < 4.78 is 5.08. The van der Waals surface area contributed by atoms with Crippen LogP contribution in [0.4, 0.5) is 0 Å². The lowest BCUT2D eigenvalue weighted by atomic mass is 9.90. The Morgan fingerprint density at radius 2 is 2.05 bits per heavy atom. The highest BCUT2D eigenvalue weighted by Gasteiger charge is 2.11. The van der Waals surface area contributed by atoms with E-state index in [0.717, 1.165) is 25.6 Å². The van der Waals surface area contributed by atoms with Gasteiger partial charge in [-0.3, -0.25) is 0 Å². The molecule has 0 heterocycles. The molecule has 1 N–H and O–H groups in total. The Labute approximate surface area is 118 Å². The molecule has 108 valence electrons. The van der Waals surface area contributed by atoms with Gasteiger partial charge in [-0.25, -0.2) is 0 Å². The van der Waals surface area contributed by atoms with Crippen LogP contribution in [0.3, 0.4) is 0 Å². The lowest BCUT2D eigenvalue weighted by Crippen LogP contribution is -2.28. The monoisotopic (exact) mass is 263 g/mol. The minimum atomic E-state index is 0.707. The summed E-state index contributed by atoms with van der Waals surface area (Å²) in [6.07, 6.45) is 2.44. The van der Waals surface area contributed by atoms with E-state index in [2.05, 4.69) is 50.4 Å². The molecule has 0 spiro atoms. The molecule has 0 fully saturated rings. The second-order valence-electron chi connectivity index (χ2n) is 5.89. The van der Waals surface area contributed by atoms with Crippen molar-refractivity contribution in [1.29, 1.82) is 0 Å². The predicted molar refractivity (Wildman–Crippen MR) is 82.6 cm³/mol. The fourth-order valence-electron chi connectivity index (χ4n) is 2.56. The zero-order valence-electron chi connectivity index (χ0n) is 12.9. The Hall–Kier alpha value is -0.860. The van der Waals surface area contributed by atoms with Crippen LogP contribution in [-0.2, 0) is 11.2 Å². The van der Waals surface area contributed by atoms with Crippen molar-refractivity contribution in [3.05, 3.63) is 35.4 Å². The van der Waals surface area contributed by atoms with Crippen molar-refractivity contribution < 1.29 is 4.74 Å². The first-order chi connectivity index (χ1) is 9.11. The summed E-state index contributed by atoms with van der Waals surface area (Å²) in [4.78, 5) is 0. The Kier molecular flexibility index (Phi) is 7.76. The van der Waals surface area contributed by atoms with Crippen molar-refractivity contribution in [2.24, 2.45) is 11.8 Å². The van der Waals surface area contributed by atoms with Crippen molar-refractivity contribution in [3.8, 4) is 0 Å². The summed E-state index contributed by atoms with van der Waals surface area (Å²) in [5.74, 6) is 1.46. The summed E-state index contributed by atoms with van der Waals surface area (Å²) in [6.45, 7) is 9.59. The number of hydrogen-bond acceptors (Lipinski definition) is 2. The fraction of sp³-hybridized carbons (Fsp3) is 0.647. The van der Waals surface area contributed by atoms with Crippen molar-refractivity contribution in [2.45, 2.75) is 33.6 Å². The van der Waals surface area contributed by atoms with E-state index in [1.165, 1.54) is 24.0 Å². The first-order valence-electron chi connectivity index (χ1n) is 7.37. The van der Waals surface area contributed by atoms with Gasteiger partial charge in [0.2, 0.25) is 0 Å². The average Bonchev–Trinajstić information content (AvgIpc) is 2.34. The third kappa shape index (κ3) is 7.34. The van der Waals surface area contributed by atoms with E-state index in [4.69, 9.17) is 4.74 Å². The quantitative estimate of drug-likeness (QED) is 0.689. The maximum absolute atomic E-state index is 5.08. The van der Waals surface area contributed by atoms with E-state index >= 15 is 0 Å². The number of methoxy groups -OCH3 is 1. The number of hydrogen-bond donors (Lipinski definition) is 1. The molecule has 1 aromatic rings. The molecule has 0 saturated carbocycles. The number of nitrogens with one attached hydrogen (secondary N) is 1. The Morgan fingerprint density at radius 3 is 2.68 bits per heavy atom. The lowest BCUT2D eigenvalue weighted by molar-refractivity contribution is 0.197. The van der Waals surface area contributed by atoms with E-state index in [-0.39, 0.29) is 0 Å². The maximum Gasteiger partial charge on any atom is 0.0587 e. The van der Waals surface area contributed by atoms with Crippen molar-refractivity contribution >= 4 is 0 Å². The number of ether oxygens (including phenoxy) is 1. The summed E-state index contributed by atoms with van der Waals surface area (Å²) in [5.41, 5.74) is 2.81. The number of benzene rings is 1. The van der Waals surface area contributed by atoms with Gasteiger partial charge in [-0.2, -0.15) is 0 Å². The van der Waals surface area contributed by atoms with Gasteiger partial charge >= 0.3 is 0 Å². The standard InChI is InChI=1S/C17H29NO/c1-14(2)10-17(13-18-8-9-19-4)12-16-7-5-6-15(3)11-16/h5-7,11,14,17-18H,8-10,12-13H2,1-4H3. The van der Waals surface area contributed by atoms with Gasteiger partial charge in [0, 0.05) is 13.7 Å². The minimum Gasteiger partial charge on any atom is -0.383 e. The molecule has 1 rings (SSSR count). The van der Waals surface area contributed by atoms with Gasteiger partial charge in [-0.15, -0.1) is 0 Å². The molecule has 0 aliphatic carbocycles. The van der Waals surface area contributed by atoms with Gasteiger partial charge in [0.15, 0.2) is 0 Å². The second kappa shape index (κ2) is 9.11. The van der Waals surface area contributed by atoms with Gasteiger partial charge in [0.25, 0.3) is 0 Å². The highest BCUT2D eigenvalue weighted by molar-refractivity contribution is 5.22. The molecule has 1 atom stereocenters. The van der Waals surface area contributed by atoms with Crippen LogP contribution in [0, 0.1) is 18.8 Å². The SMILES string of the molecule is COCCNCC(Cc1cccc(C)c1)CC(C)C. The average molecular weight is 263 g/mol. The van der Waals surface area contributed by atoms with Gasteiger partial charge in [0.1, 0.15) is 0 Å². The second-order valence-corrected chi connectivity index (χ2v) is 5.89. The van der Waals surface area contributed by atoms with Gasteiger partial charge in [-0.1, -0.05) is 43.7 Å². The first-order valence-corrected chi connectivity index (χ1v) is 7.37. The molecule has 0 bridgehead atoms. The third-order valence-corrected chi connectivity index (χ3v) is 3.33. The molecule has 2 nitrogen and oxygen atoms in total. The topological polar surface area (TPSA) is 21.3 Å². The molecule has 1 aromatic carbocycles. The first kappa shape index (κ1) is 16.2. The fourth-order valence-corrected chi connectivity index (χ4v) is 2.56. The molecule has 0 aromatic heterocycles. The molecule has 0 saturated heterocycles. The normalized spacial score (nSPS) is 12.9. The zero-order chi connectivity index (χ0) is 14.1. The van der Waals surface area contributed by atoms with E-state index < -0.39 is 0 Å². The third-order valence-electron chi connectivity index (χ3n) is 3.33. The van der Waals surface area contributed by atoms with Crippen LogP contribution in [0.2, 0.25) is 0 Å². The highest BCUT2D eigenvalue weighted by Crippen LogP contribution is 2.17. The molecule has 0 aliphatic rings. The van der Waals surface area contributed by atoms with Crippen molar-refractivity contribution in [3.63, 3.8) is 0 Å². The predicted octanol–water partition coefficient (Wildman–Crippen LogP) is 3.44. The van der Waals surface area contributed by atoms with E-state index in [9.17, 15) is 0 Å². The smallest absolute Gasteiger partial charge is 0.0587 e. The van der Waals surface area contributed by atoms with Crippen LogP contribution in [0.15, 0.2) is 24.3 Å². The van der Waals surface area contributed by atoms with Gasteiger partial charge in [-0.05, 0) is 43.7 Å². The van der Waals surface area contributed by atoms with Crippen LogP contribution in [0.25, 0.3) is 0 Å². The van der Waals surface area contributed by atoms with E-state index in [0.29, 0.717) is 5.92 Å². The highest BCUT2D eigenvalue weighted by atomic mass is 16.5. The Morgan fingerprint density at radius 1 is 1.26 bits per heavy atom. The molecule has 19 heavy (non-hydrogen) atoms. The summed E-state index contributed by atoms with van der Waals surface area (Å²) in [5, 5.41) is 3.50. The van der Waals surface area contributed by atoms with Crippen LogP contribution in [-0.4, -0.2) is 26.8 Å². The Balaban J connectivity index is 2.48. The van der Waals surface area contributed by atoms with Crippen molar-refractivity contribution in [2.75, 3.05) is 26.8 Å². The van der Waals surface area contributed by atoms with Crippen molar-refractivity contribution in [1.82, 2.24) is 5.32 Å².